The zero-order valence-electron chi connectivity index (χ0n) is 15.0. The Bertz CT molecular complexity index is 1060. The molecule has 3 aromatic rings. The number of amides is 1. The smallest absolute Gasteiger partial charge is 0.265 e. The minimum absolute atomic E-state index is 0.299. The van der Waals surface area contributed by atoms with E-state index in [1.54, 1.807) is 31.2 Å². The number of hydrogen-bond acceptors (Lipinski definition) is 4. The molecule has 0 spiro atoms. The van der Waals surface area contributed by atoms with Crippen LogP contribution in [-0.2, 0) is 14.8 Å². The fourth-order valence-corrected chi connectivity index (χ4v) is 3.19. The first kappa shape index (κ1) is 18.7. The van der Waals surface area contributed by atoms with Gasteiger partial charge >= 0.3 is 0 Å². The van der Waals surface area contributed by atoms with Gasteiger partial charge in [0, 0.05) is 16.8 Å². The number of carbonyl (C=O) groups is 1. The summed E-state index contributed by atoms with van der Waals surface area (Å²) >= 11 is 0. The van der Waals surface area contributed by atoms with Gasteiger partial charge in [-0.25, -0.2) is 8.42 Å². The third-order valence-corrected chi connectivity index (χ3v) is 4.48. The molecule has 0 heterocycles. The van der Waals surface area contributed by atoms with Crippen molar-refractivity contribution < 1.29 is 17.9 Å². The molecule has 1 amide bonds. The molecule has 0 saturated heterocycles. The van der Waals surface area contributed by atoms with Crippen molar-refractivity contribution in [3.8, 4) is 5.75 Å². The Morgan fingerprint density at radius 3 is 2.26 bits per heavy atom. The van der Waals surface area contributed by atoms with Crippen molar-refractivity contribution in [2.24, 2.45) is 0 Å². The van der Waals surface area contributed by atoms with E-state index in [4.69, 9.17) is 4.74 Å². The van der Waals surface area contributed by atoms with Gasteiger partial charge in [-0.3, -0.25) is 9.52 Å². The maximum atomic E-state index is 12.4. The molecular weight excluding hydrogens is 364 g/mol. The van der Waals surface area contributed by atoms with Crippen molar-refractivity contribution in [1.82, 2.24) is 0 Å². The van der Waals surface area contributed by atoms with Gasteiger partial charge in [0.2, 0.25) is 10.0 Å². The normalized spacial score (nSPS) is 12.4. The highest BCUT2D eigenvalue weighted by atomic mass is 32.2. The summed E-state index contributed by atoms with van der Waals surface area (Å²) in [5, 5.41) is 4.74. The second-order valence-electron chi connectivity index (χ2n) is 6.18. The molecule has 0 fully saturated rings. The molecular formula is C20H20N2O4S. The van der Waals surface area contributed by atoms with E-state index in [1.165, 1.54) is 0 Å². The summed E-state index contributed by atoms with van der Waals surface area (Å²) in [6.45, 7) is 1.68. The summed E-state index contributed by atoms with van der Waals surface area (Å²) in [5.41, 5.74) is 0.975. The van der Waals surface area contributed by atoms with Crippen molar-refractivity contribution in [3.05, 3.63) is 66.7 Å². The summed E-state index contributed by atoms with van der Waals surface area (Å²) in [7, 11) is -3.34. The average molecular weight is 384 g/mol. The standard InChI is InChI=1S/C20H20N2O4S/c1-14(26-19-9-5-7-15-6-3-4-8-18(15)19)20(23)21-16-10-12-17(13-11-16)22-27(2,24)25/h3-14,22H,1-2H3,(H,21,23)/t14-/m1/s1. The van der Waals surface area contributed by atoms with E-state index in [9.17, 15) is 13.2 Å². The second kappa shape index (κ2) is 7.67. The number of anilines is 2. The number of hydrogen-bond donors (Lipinski definition) is 2. The molecule has 7 heteroatoms. The van der Waals surface area contributed by atoms with E-state index in [1.807, 2.05) is 42.5 Å². The molecule has 0 saturated carbocycles. The van der Waals surface area contributed by atoms with Crippen LogP contribution in [0.4, 0.5) is 11.4 Å². The van der Waals surface area contributed by atoms with Crippen molar-refractivity contribution in [3.63, 3.8) is 0 Å². The van der Waals surface area contributed by atoms with Gasteiger partial charge in [0.05, 0.1) is 6.26 Å². The number of ether oxygens (including phenoxy) is 1. The van der Waals surface area contributed by atoms with Crippen LogP contribution in [0.2, 0.25) is 0 Å². The number of rotatable bonds is 6. The van der Waals surface area contributed by atoms with Gasteiger partial charge in [0.25, 0.3) is 5.91 Å². The van der Waals surface area contributed by atoms with Crippen molar-refractivity contribution in [2.75, 3.05) is 16.3 Å². The average Bonchev–Trinajstić information content (AvgIpc) is 2.62. The quantitative estimate of drug-likeness (QED) is 0.680. The molecule has 0 aromatic heterocycles. The number of benzene rings is 3. The third-order valence-electron chi connectivity index (χ3n) is 3.88. The fourth-order valence-electron chi connectivity index (χ4n) is 2.62. The lowest BCUT2D eigenvalue weighted by Gasteiger charge is -2.16. The molecule has 0 unspecified atom stereocenters. The molecule has 27 heavy (non-hydrogen) atoms. The topological polar surface area (TPSA) is 84.5 Å². The van der Waals surface area contributed by atoms with Gasteiger partial charge in [0.1, 0.15) is 5.75 Å². The van der Waals surface area contributed by atoms with Crippen LogP contribution >= 0.6 is 0 Å². The molecule has 0 radical (unpaired) electrons. The number of sulfonamides is 1. The van der Waals surface area contributed by atoms with Gasteiger partial charge in [0.15, 0.2) is 6.10 Å². The maximum absolute atomic E-state index is 12.4. The second-order valence-corrected chi connectivity index (χ2v) is 7.93. The molecule has 2 N–H and O–H groups in total. The Kier molecular flexibility index (Phi) is 5.32. The maximum Gasteiger partial charge on any atom is 0.265 e. The zero-order valence-corrected chi connectivity index (χ0v) is 15.8. The van der Waals surface area contributed by atoms with Crippen LogP contribution in [0.15, 0.2) is 66.7 Å². The highest BCUT2D eigenvalue weighted by Gasteiger charge is 2.16. The van der Waals surface area contributed by atoms with E-state index in [0.29, 0.717) is 17.1 Å². The first-order valence-corrected chi connectivity index (χ1v) is 10.2. The Labute approximate surface area is 158 Å². The van der Waals surface area contributed by atoms with E-state index in [2.05, 4.69) is 10.0 Å². The molecule has 6 nitrogen and oxygen atoms in total. The third kappa shape index (κ3) is 4.98. The molecule has 0 aliphatic rings. The minimum atomic E-state index is -3.34. The minimum Gasteiger partial charge on any atom is -0.480 e. The van der Waals surface area contributed by atoms with Gasteiger partial charge in [-0.2, -0.15) is 0 Å². The van der Waals surface area contributed by atoms with E-state index in [0.717, 1.165) is 17.0 Å². The number of fused-ring (bicyclic) bond motifs is 1. The first-order chi connectivity index (χ1) is 12.8. The van der Waals surface area contributed by atoms with Crippen LogP contribution in [0.3, 0.4) is 0 Å². The first-order valence-electron chi connectivity index (χ1n) is 8.35. The summed E-state index contributed by atoms with van der Waals surface area (Å²) in [6.07, 6.45) is 0.374. The lowest BCUT2D eigenvalue weighted by Crippen LogP contribution is -2.30. The van der Waals surface area contributed by atoms with E-state index < -0.39 is 16.1 Å². The van der Waals surface area contributed by atoms with E-state index in [-0.39, 0.29) is 5.91 Å². The van der Waals surface area contributed by atoms with Crippen molar-refractivity contribution in [2.45, 2.75) is 13.0 Å². The Hall–Kier alpha value is -3.06. The zero-order chi connectivity index (χ0) is 19.4. The molecule has 0 aliphatic heterocycles. The largest absolute Gasteiger partial charge is 0.480 e. The lowest BCUT2D eigenvalue weighted by atomic mass is 10.1. The SMILES string of the molecule is C[C@@H](Oc1cccc2ccccc12)C(=O)Nc1ccc(NS(C)(=O)=O)cc1. The van der Waals surface area contributed by atoms with Crippen LogP contribution in [0.5, 0.6) is 5.75 Å². The van der Waals surface area contributed by atoms with Crippen LogP contribution in [0.1, 0.15) is 6.92 Å². The monoisotopic (exact) mass is 384 g/mol. The predicted molar refractivity (Wildman–Crippen MR) is 108 cm³/mol. The Balaban J connectivity index is 1.67. The molecule has 0 aliphatic carbocycles. The molecule has 3 aromatic carbocycles. The fraction of sp³-hybridized carbons (Fsp3) is 0.150. The molecule has 3 rings (SSSR count). The predicted octanol–water partition coefficient (Wildman–Crippen LogP) is 3.62. The van der Waals surface area contributed by atoms with Crippen LogP contribution in [-0.4, -0.2) is 26.7 Å². The number of carbonyl (C=O) groups excluding carboxylic acids is 1. The highest BCUT2D eigenvalue weighted by molar-refractivity contribution is 7.92. The van der Waals surface area contributed by atoms with Gasteiger partial charge in [-0.15, -0.1) is 0 Å². The lowest BCUT2D eigenvalue weighted by molar-refractivity contribution is -0.122. The Morgan fingerprint density at radius 1 is 0.926 bits per heavy atom. The van der Waals surface area contributed by atoms with Gasteiger partial charge < -0.3 is 10.1 Å². The van der Waals surface area contributed by atoms with Crippen molar-refractivity contribution >= 4 is 38.1 Å². The summed E-state index contributed by atoms with van der Waals surface area (Å²) in [5.74, 6) is 0.343. The van der Waals surface area contributed by atoms with E-state index >= 15 is 0 Å². The van der Waals surface area contributed by atoms with Crippen molar-refractivity contribution in [1.29, 1.82) is 0 Å². The Morgan fingerprint density at radius 2 is 1.56 bits per heavy atom. The van der Waals surface area contributed by atoms with Crippen LogP contribution in [0.25, 0.3) is 10.8 Å². The van der Waals surface area contributed by atoms with Crippen LogP contribution < -0.4 is 14.8 Å². The highest BCUT2D eigenvalue weighted by Crippen LogP contribution is 2.26. The van der Waals surface area contributed by atoms with Crippen LogP contribution in [0, 0.1) is 0 Å². The molecule has 1 atom stereocenters. The molecule has 0 bridgehead atoms. The number of nitrogens with one attached hydrogen (secondary N) is 2. The summed E-state index contributed by atoms with van der Waals surface area (Å²) < 4.78 is 30.7. The summed E-state index contributed by atoms with van der Waals surface area (Å²) in [6, 6.07) is 19.9. The van der Waals surface area contributed by atoms with Gasteiger partial charge in [-0.1, -0.05) is 36.4 Å². The molecule has 140 valence electrons. The summed E-state index contributed by atoms with van der Waals surface area (Å²) in [4.78, 5) is 12.4. The van der Waals surface area contributed by atoms with Gasteiger partial charge in [-0.05, 0) is 42.6 Å².